The summed E-state index contributed by atoms with van der Waals surface area (Å²) in [4.78, 5) is 60.7. The molecule has 8 rings (SSSR count). The first-order valence-electron chi connectivity index (χ1n) is 16.3. The average molecular weight is 618 g/mol. The number of carbonyl (C=O) groups is 2. The molecule has 5 aliphatic rings. The predicted octanol–water partition coefficient (Wildman–Crippen LogP) is 4.46. The molecule has 0 saturated heterocycles. The first-order chi connectivity index (χ1) is 21.0. The van der Waals surface area contributed by atoms with Gasteiger partial charge in [0.05, 0.1) is 11.1 Å². The second-order valence-electron chi connectivity index (χ2n) is 14.8. The maximum atomic E-state index is 14.3. The lowest BCUT2D eigenvalue weighted by Crippen LogP contribution is -2.44. The van der Waals surface area contributed by atoms with Crippen molar-refractivity contribution in [1.82, 2.24) is 23.6 Å². The summed E-state index contributed by atoms with van der Waals surface area (Å²) in [6, 6.07) is 7.72. The standard InChI is InChI=1S/C33H43N5O5Si/c1-5-10-35-27-26(30(41)37(32(35)42)12-11-36-28(39)24-8-6-7-9-25(24)29(36)40)38(20-43-13-14-44(2,3)4)31(34-27)33-18-21-15-22(19-33)17-23(33)16-21/h6-9,21-23H,5,10-20H2,1-4H3. The van der Waals surface area contributed by atoms with E-state index in [1.807, 2.05) is 11.5 Å². The second-order valence-corrected chi connectivity index (χ2v) is 20.4. The van der Waals surface area contributed by atoms with Crippen molar-refractivity contribution in [2.45, 2.75) is 96.4 Å². The van der Waals surface area contributed by atoms with Crippen molar-refractivity contribution in [1.29, 1.82) is 0 Å². The summed E-state index contributed by atoms with van der Waals surface area (Å²) in [5.41, 5.74) is 0.553. The van der Waals surface area contributed by atoms with E-state index in [0.29, 0.717) is 59.6 Å². The summed E-state index contributed by atoms with van der Waals surface area (Å²) in [7, 11) is -1.32. The number of benzene rings is 1. The highest BCUT2D eigenvalue weighted by molar-refractivity contribution is 6.76. The van der Waals surface area contributed by atoms with Gasteiger partial charge in [0.1, 0.15) is 12.6 Å². The smallest absolute Gasteiger partial charge is 0.332 e. The Morgan fingerprint density at radius 2 is 1.55 bits per heavy atom. The van der Waals surface area contributed by atoms with Crippen LogP contribution in [-0.2, 0) is 30.0 Å². The van der Waals surface area contributed by atoms with Gasteiger partial charge in [0.2, 0.25) is 0 Å². The zero-order valence-electron chi connectivity index (χ0n) is 26.3. The van der Waals surface area contributed by atoms with E-state index in [4.69, 9.17) is 9.72 Å². The van der Waals surface area contributed by atoms with Gasteiger partial charge in [-0.3, -0.25) is 33.0 Å². The summed E-state index contributed by atoms with van der Waals surface area (Å²) in [6.07, 6.45) is 6.57. The van der Waals surface area contributed by atoms with E-state index in [0.717, 1.165) is 29.6 Å². The molecule has 0 N–H and O–H groups in total. The quantitative estimate of drug-likeness (QED) is 0.179. The molecule has 4 bridgehead atoms. The van der Waals surface area contributed by atoms with Crippen LogP contribution in [0.1, 0.15) is 72.0 Å². The van der Waals surface area contributed by atoms with Crippen molar-refractivity contribution in [3.05, 3.63) is 62.1 Å². The van der Waals surface area contributed by atoms with E-state index < -0.39 is 31.1 Å². The molecule has 3 aromatic rings. The Morgan fingerprint density at radius 3 is 2.16 bits per heavy atom. The largest absolute Gasteiger partial charge is 0.361 e. The molecule has 4 aliphatic carbocycles. The number of amides is 2. The number of hydrogen-bond acceptors (Lipinski definition) is 6. The Hall–Kier alpha value is -3.31. The van der Waals surface area contributed by atoms with E-state index in [1.165, 1.54) is 23.8 Å². The third-order valence-corrected chi connectivity index (χ3v) is 12.3. The van der Waals surface area contributed by atoms with E-state index in [1.54, 1.807) is 28.8 Å². The summed E-state index contributed by atoms with van der Waals surface area (Å²) >= 11 is 0. The molecule has 1 aromatic carbocycles. The second kappa shape index (κ2) is 10.6. The fourth-order valence-electron chi connectivity index (χ4n) is 8.76. The minimum atomic E-state index is -1.32. The molecule has 2 unspecified atom stereocenters. The lowest BCUT2D eigenvalue weighted by atomic mass is 9.75. The Labute approximate surface area is 258 Å². The van der Waals surface area contributed by atoms with Crippen LogP contribution < -0.4 is 11.2 Å². The van der Waals surface area contributed by atoms with Gasteiger partial charge < -0.3 is 4.74 Å². The van der Waals surface area contributed by atoms with Crippen molar-refractivity contribution < 1.29 is 14.3 Å². The number of aromatic nitrogens is 4. The number of hydrogen-bond donors (Lipinski definition) is 0. The highest BCUT2D eigenvalue weighted by atomic mass is 28.3. The molecule has 1 aliphatic heterocycles. The van der Waals surface area contributed by atoms with Crippen LogP contribution in [0.4, 0.5) is 0 Å². The highest BCUT2D eigenvalue weighted by Crippen LogP contribution is 2.65. The summed E-state index contributed by atoms with van der Waals surface area (Å²) < 4.78 is 11.1. The summed E-state index contributed by atoms with van der Waals surface area (Å²) in [5, 5.41) is 0. The number of rotatable bonds is 11. The number of imidazole rings is 1. The summed E-state index contributed by atoms with van der Waals surface area (Å²) in [6.45, 7) is 10.0. The average Bonchev–Trinajstić information content (AvgIpc) is 3.64. The third-order valence-electron chi connectivity index (χ3n) is 10.6. The van der Waals surface area contributed by atoms with Crippen LogP contribution in [0.3, 0.4) is 0 Å². The molecule has 10 nitrogen and oxygen atoms in total. The van der Waals surface area contributed by atoms with Crippen molar-refractivity contribution in [3.63, 3.8) is 0 Å². The van der Waals surface area contributed by atoms with Crippen molar-refractivity contribution >= 4 is 31.1 Å². The molecule has 4 fully saturated rings. The van der Waals surface area contributed by atoms with Crippen LogP contribution in [0.5, 0.6) is 0 Å². The maximum absolute atomic E-state index is 14.3. The van der Waals surface area contributed by atoms with Gasteiger partial charge in [0, 0.05) is 39.7 Å². The molecule has 0 spiro atoms. The van der Waals surface area contributed by atoms with Gasteiger partial charge in [-0.2, -0.15) is 0 Å². The van der Waals surface area contributed by atoms with Crippen LogP contribution in [0, 0.1) is 17.8 Å². The number of nitrogens with zero attached hydrogens (tertiary/aromatic N) is 5. The van der Waals surface area contributed by atoms with Crippen LogP contribution in [0.15, 0.2) is 33.9 Å². The molecule has 2 amide bonds. The monoisotopic (exact) mass is 617 g/mol. The van der Waals surface area contributed by atoms with Gasteiger partial charge >= 0.3 is 5.69 Å². The first-order valence-corrected chi connectivity index (χ1v) is 20.0. The van der Waals surface area contributed by atoms with Gasteiger partial charge in [0.25, 0.3) is 17.4 Å². The van der Waals surface area contributed by atoms with Crippen LogP contribution in [0.25, 0.3) is 11.2 Å². The molecular formula is C33H43N5O5Si. The molecule has 11 heteroatoms. The molecular weight excluding hydrogens is 574 g/mol. The van der Waals surface area contributed by atoms with Gasteiger partial charge in [-0.05, 0) is 74.5 Å². The number of carbonyl (C=O) groups excluding carboxylic acids is 2. The fourth-order valence-corrected chi connectivity index (χ4v) is 9.51. The first kappa shape index (κ1) is 29.4. The van der Waals surface area contributed by atoms with Gasteiger partial charge in [-0.25, -0.2) is 9.78 Å². The Balaban J connectivity index is 1.31. The zero-order valence-corrected chi connectivity index (χ0v) is 27.3. The third kappa shape index (κ3) is 4.57. The maximum Gasteiger partial charge on any atom is 0.332 e. The SMILES string of the molecule is CCCn1c(=O)n(CCN2C(=O)c3ccccc3C2=O)c(=O)c2c1nc(C13CC4CC(CC1C4)C3)n2COCC[Si](C)(C)C. The normalized spacial score (nSPS) is 25.6. The van der Waals surface area contributed by atoms with E-state index in [9.17, 15) is 19.2 Å². The predicted molar refractivity (Wildman–Crippen MR) is 170 cm³/mol. The number of imide groups is 1. The molecule has 3 heterocycles. The molecule has 0 radical (unpaired) electrons. The number of ether oxygens (including phenoxy) is 1. The van der Waals surface area contributed by atoms with E-state index >= 15 is 0 Å². The van der Waals surface area contributed by atoms with Crippen LogP contribution in [-0.4, -0.2) is 56.6 Å². The molecule has 4 saturated carbocycles. The lowest BCUT2D eigenvalue weighted by molar-refractivity contribution is 0.0648. The minimum Gasteiger partial charge on any atom is -0.361 e. The fraction of sp³-hybridized carbons (Fsp3) is 0.606. The number of aryl methyl sites for hydroxylation is 1. The molecule has 234 valence electrons. The Morgan fingerprint density at radius 1 is 0.886 bits per heavy atom. The summed E-state index contributed by atoms with van der Waals surface area (Å²) in [5.74, 6) is 2.05. The van der Waals surface area contributed by atoms with Crippen molar-refractivity contribution in [2.75, 3.05) is 13.2 Å². The Kier molecular flexibility index (Phi) is 7.12. The van der Waals surface area contributed by atoms with Gasteiger partial charge in [-0.1, -0.05) is 38.7 Å². The van der Waals surface area contributed by atoms with Gasteiger partial charge in [0.15, 0.2) is 11.2 Å². The molecule has 44 heavy (non-hydrogen) atoms. The lowest BCUT2D eigenvalue weighted by Gasteiger charge is -2.32. The van der Waals surface area contributed by atoms with Crippen molar-refractivity contribution in [3.8, 4) is 0 Å². The zero-order chi connectivity index (χ0) is 31.0. The van der Waals surface area contributed by atoms with Crippen LogP contribution in [0.2, 0.25) is 25.7 Å². The van der Waals surface area contributed by atoms with Crippen molar-refractivity contribution in [2.24, 2.45) is 17.8 Å². The molecule has 2 aromatic heterocycles. The minimum absolute atomic E-state index is 0.0673. The Bertz CT molecular complexity index is 1730. The van der Waals surface area contributed by atoms with Crippen LogP contribution >= 0.6 is 0 Å². The van der Waals surface area contributed by atoms with E-state index in [2.05, 4.69) is 19.6 Å². The highest BCUT2D eigenvalue weighted by Gasteiger charge is 2.60. The van der Waals surface area contributed by atoms with Gasteiger partial charge in [-0.15, -0.1) is 0 Å². The van der Waals surface area contributed by atoms with E-state index in [-0.39, 0.29) is 25.2 Å². The topological polar surface area (TPSA) is 108 Å². The number of fused-ring (bicyclic) bond motifs is 2. The molecule has 2 atom stereocenters.